The van der Waals surface area contributed by atoms with E-state index in [0.717, 1.165) is 56.4 Å². The molecular formula is C34H32N2O4. The first-order valence-electron chi connectivity index (χ1n) is 13.6. The van der Waals surface area contributed by atoms with E-state index in [1.165, 1.54) is 11.1 Å². The number of aryl methyl sites for hydroxylation is 1. The van der Waals surface area contributed by atoms with Gasteiger partial charge in [-0.25, -0.2) is 4.79 Å². The molecule has 202 valence electrons. The molecule has 0 saturated heterocycles. The zero-order valence-electron chi connectivity index (χ0n) is 23.2. The Kier molecular flexibility index (Phi) is 6.51. The molecule has 0 unspecified atom stereocenters. The number of carboxylic acid groups (broad SMARTS) is 1. The molecule has 1 aliphatic rings. The molecule has 0 saturated carbocycles. The summed E-state index contributed by atoms with van der Waals surface area (Å²) in [6.45, 7) is 8.18. The molecular weight excluding hydrogens is 500 g/mol. The van der Waals surface area contributed by atoms with Crippen molar-refractivity contribution < 1.29 is 19.4 Å². The number of nitrogens with zero attached hydrogens (tertiary/aromatic N) is 2. The second-order valence-electron chi connectivity index (χ2n) is 11.4. The Bertz CT molecular complexity index is 1750. The molecule has 6 rings (SSSR count). The van der Waals surface area contributed by atoms with Gasteiger partial charge >= 0.3 is 5.97 Å². The molecule has 0 spiro atoms. The molecule has 0 radical (unpaired) electrons. The molecule has 6 heteroatoms. The smallest absolute Gasteiger partial charge is 0.337 e. The van der Waals surface area contributed by atoms with Crippen LogP contribution in [0.1, 0.15) is 54.8 Å². The lowest BCUT2D eigenvalue weighted by molar-refractivity contribution is -0.160. The Morgan fingerprint density at radius 2 is 1.88 bits per heavy atom. The first kappa shape index (κ1) is 26.0. The normalized spacial score (nSPS) is 13.8. The summed E-state index contributed by atoms with van der Waals surface area (Å²) in [5.41, 5.74) is 7.27. The summed E-state index contributed by atoms with van der Waals surface area (Å²) >= 11 is 0. The summed E-state index contributed by atoms with van der Waals surface area (Å²) in [6, 6.07) is 22.3. The molecule has 1 aliphatic heterocycles. The zero-order chi connectivity index (χ0) is 28.0. The summed E-state index contributed by atoms with van der Waals surface area (Å²) in [4.78, 5) is 22.6. The number of hydrogen-bond acceptors (Lipinski definition) is 5. The van der Waals surface area contributed by atoms with Crippen molar-refractivity contribution in [1.29, 1.82) is 0 Å². The maximum Gasteiger partial charge on any atom is 0.337 e. The largest absolute Gasteiger partial charge is 0.493 e. The maximum absolute atomic E-state index is 12.8. The van der Waals surface area contributed by atoms with Gasteiger partial charge < -0.3 is 14.6 Å². The highest BCUT2D eigenvalue weighted by Gasteiger charge is 2.33. The van der Waals surface area contributed by atoms with Gasteiger partial charge in [-0.05, 0) is 80.3 Å². The number of ether oxygens (including phenoxy) is 2. The van der Waals surface area contributed by atoms with Gasteiger partial charge in [-0.1, -0.05) is 36.4 Å². The Morgan fingerprint density at radius 1 is 1.07 bits per heavy atom. The number of rotatable bonds is 6. The molecule has 1 atom stereocenters. The predicted molar refractivity (Wildman–Crippen MR) is 157 cm³/mol. The average molecular weight is 533 g/mol. The van der Waals surface area contributed by atoms with Crippen LogP contribution in [0.15, 0.2) is 72.9 Å². The van der Waals surface area contributed by atoms with Crippen molar-refractivity contribution >= 4 is 27.8 Å². The number of fused-ring (bicyclic) bond motifs is 1. The van der Waals surface area contributed by atoms with Crippen LogP contribution in [0.4, 0.5) is 0 Å². The fourth-order valence-corrected chi connectivity index (χ4v) is 5.68. The number of aliphatic carboxylic acids is 1. The third kappa shape index (κ3) is 4.80. The minimum Gasteiger partial charge on any atom is -0.493 e. The Labute approximate surface area is 233 Å². The summed E-state index contributed by atoms with van der Waals surface area (Å²) in [5, 5.41) is 12.3. The molecule has 1 N–H and O–H groups in total. The number of hydrogen-bond donors (Lipinski definition) is 1. The molecule has 0 aliphatic carbocycles. The number of benzene rings is 3. The van der Waals surface area contributed by atoms with Gasteiger partial charge in [0.05, 0.1) is 23.2 Å². The van der Waals surface area contributed by atoms with E-state index in [9.17, 15) is 9.90 Å². The topological polar surface area (TPSA) is 81.5 Å². The Morgan fingerprint density at radius 3 is 2.62 bits per heavy atom. The molecule has 6 nitrogen and oxygen atoms in total. The second-order valence-corrected chi connectivity index (χ2v) is 11.4. The molecule has 0 fully saturated rings. The van der Waals surface area contributed by atoms with Crippen molar-refractivity contribution in [2.24, 2.45) is 0 Å². The number of aromatic nitrogens is 2. The van der Waals surface area contributed by atoms with E-state index in [-0.39, 0.29) is 0 Å². The SMILES string of the molecule is Cc1cc2nc(Cc3ccccc3)ccc2c(-c2ccc3c4c(ccnc24)CCO3)c1[C@H](OC(C)(C)C)C(=O)O. The van der Waals surface area contributed by atoms with E-state index in [4.69, 9.17) is 19.4 Å². The van der Waals surface area contributed by atoms with Gasteiger partial charge in [0.15, 0.2) is 6.10 Å². The van der Waals surface area contributed by atoms with Gasteiger partial charge in [-0.3, -0.25) is 9.97 Å². The van der Waals surface area contributed by atoms with Gasteiger partial charge in [0.25, 0.3) is 0 Å². The molecule has 5 aromatic rings. The van der Waals surface area contributed by atoms with Crippen LogP contribution in [0.2, 0.25) is 0 Å². The van der Waals surface area contributed by atoms with Crippen molar-refractivity contribution in [1.82, 2.24) is 9.97 Å². The monoisotopic (exact) mass is 532 g/mol. The van der Waals surface area contributed by atoms with E-state index >= 15 is 0 Å². The van der Waals surface area contributed by atoms with Gasteiger partial charge in [0.1, 0.15) is 5.75 Å². The molecule has 40 heavy (non-hydrogen) atoms. The van der Waals surface area contributed by atoms with Gasteiger partial charge in [-0.2, -0.15) is 0 Å². The summed E-state index contributed by atoms with van der Waals surface area (Å²) in [6.07, 6.45) is 2.15. The van der Waals surface area contributed by atoms with Crippen LogP contribution in [0.25, 0.3) is 32.9 Å². The maximum atomic E-state index is 12.8. The second kappa shape index (κ2) is 10.0. The van der Waals surface area contributed by atoms with E-state index < -0.39 is 17.7 Å². The van der Waals surface area contributed by atoms with Gasteiger partial charge in [-0.15, -0.1) is 0 Å². The average Bonchev–Trinajstić information content (AvgIpc) is 2.92. The van der Waals surface area contributed by atoms with Crippen molar-refractivity contribution in [3.63, 3.8) is 0 Å². The van der Waals surface area contributed by atoms with Crippen LogP contribution in [-0.4, -0.2) is 33.3 Å². The van der Waals surface area contributed by atoms with Crippen molar-refractivity contribution in [3.05, 3.63) is 101 Å². The van der Waals surface area contributed by atoms with E-state index in [2.05, 4.69) is 18.2 Å². The van der Waals surface area contributed by atoms with Gasteiger partial charge in [0.2, 0.25) is 0 Å². The van der Waals surface area contributed by atoms with Crippen LogP contribution in [0.5, 0.6) is 5.75 Å². The molecule has 3 heterocycles. The summed E-state index contributed by atoms with van der Waals surface area (Å²) < 4.78 is 12.2. The van der Waals surface area contributed by atoms with Crippen molar-refractivity contribution in [2.45, 2.75) is 52.2 Å². The lowest BCUT2D eigenvalue weighted by atomic mass is 9.86. The zero-order valence-corrected chi connectivity index (χ0v) is 23.2. The minimum atomic E-state index is -1.18. The minimum absolute atomic E-state index is 0.617. The highest BCUT2D eigenvalue weighted by atomic mass is 16.5. The highest BCUT2D eigenvalue weighted by molar-refractivity contribution is 6.08. The Balaban J connectivity index is 1.64. The lowest BCUT2D eigenvalue weighted by Crippen LogP contribution is -2.28. The quantitative estimate of drug-likeness (QED) is 0.249. The van der Waals surface area contributed by atoms with Crippen LogP contribution >= 0.6 is 0 Å². The van der Waals surface area contributed by atoms with Crippen LogP contribution < -0.4 is 4.74 Å². The third-order valence-electron chi connectivity index (χ3n) is 7.32. The van der Waals surface area contributed by atoms with Crippen LogP contribution in [0.3, 0.4) is 0 Å². The number of carbonyl (C=O) groups is 1. The number of carboxylic acids is 1. The third-order valence-corrected chi connectivity index (χ3v) is 7.32. The molecule has 0 bridgehead atoms. The van der Waals surface area contributed by atoms with Crippen molar-refractivity contribution in [3.8, 4) is 16.9 Å². The number of pyridine rings is 2. The Hall–Kier alpha value is -4.29. The molecule has 0 amide bonds. The first-order chi connectivity index (χ1) is 19.2. The van der Waals surface area contributed by atoms with Gasteiger partial charge in [0, 0.05) is 46.6 Å². The molecule has 2 aromatic heterocycles. The van der Waals surface area contributed by atoms with Crippen LogP contribution in [-0.2, 0) is 22.4 Å². The molecule has 3 aromatic carbocycles. The summed E-state index contributed by atoms with van der Waals surface area (Å²) in [5.74, 6) is -0.234. The van der Waals surface area contributed by atoms with Crippen molar-refractivity contribution in [2.75, 3.05) is 6.61 Å². The fourth-order valence-electron chi connectivity index (χ4n) is 5.68. The highest BCUT2D eigenvalue weighted by Crippen LogP contribution is 2.44. The van der Waals surface area contributed by atoms with E-state index in [1.807, 2.05) is 82.4 Å². The first-order valence-corrected chi connectivity index (χ1v) is 13.6. The van der Waals surface area contributed by atoms with E-state index in [0.29, 0.717) is 18.6 Å². The predicted octanol–water partition coefficient (Wildman–Crippen LogP) is 7.22. The van der Waals surface area contributed by atoms with Crippen LogP contribution in [0, 0.1) is 6.92 Å². The van der Waals surface area contributed by atoms with E-state index in [1.54, 1.807) is 0 Å². The summed E-state index contributed by atoms with van der Waals surface area (Å²) in [7, 11) is 0. The fraction of sp³-hybridized carbons (Fsp3) is 0.265. The standard InChI is InChI=1S/C34H32N2O4/c1-20-18-26-24(11-10-23(36-26)19-21-8-6-5-7-9-21)30(28(20)32(33(37)38)40-34(2,3)4)25-12-13-27-29-22(15-17-39-27)14-16-35-31(25)29/h5-14,16,18,32H,15,17,19H2,1-4H3,(H,37,38)/t32-/m0/s1. The lowest BCUT2D eigenvalue weighted by Gasteiger charge is -2.29.